The quantitative estimate of drug-likeness (QED) is 0.648. The molecule has 0 unspecified atom stereocenters. The van der Waals surface area contributed by atoms with Crippen molar-refractivity contribution in [1.29, 1.82) is 0 Å². The Morgan fingerprint density at radius 3 is 2.60 bits per heavy atom. The van der Waals surface area contributed by atoms with Crippen molar-refractivity contribution in [2.24, 2.45) is 0 Å². The number of imide groups is 1. The minimum absolute atomic E-state index is 0.0380. The number of amides is 3. The molecule has 0 aromatic heterocycles. The Balaban J connectivity index is 1.75. The van der Waals surface area contributed by atoms with E-state index in [-0.39, 0.29) is 21.4 Å². The molecule has 10 heteroatoms. The third-order valence-corrected chi connectivity index (χ3v) is 5.32. The second kappa shape index (κ2) is 9.10. The molecule has 1 aliphatic rings. The topological polar surface area (TPSA) is 105 Å². The summed E-state index contributed by atoms with van der Waals surface area (Å²) >= 11 is 6.66. The number of benzene rings is 2. The van der Waals surface area contributed by atoms with E-state index in [2.05, 4.69) is 5.32 Å². The van der Waals surface area contributed by atoms with Gasteiger partial charge in [0, 0.05) is 0 Å². The first-order valence-electron chi connectivity index (χ1n) is 8.58. The highest BCUT2D eigenvalue weighted by Crippen LogP contribution is 2.38. The van der Waals surface area contributed by atoms with E-state index in [1.807, 2.05) is 0 Å². The van der Waals surface area contributed by atoms with Gasteiger partial charge in [-0.15, -0.1) is 0 Å². The van der Waals surface area contributed by atoms with Crippen molar-refractivity contribution in [2.75, 3.05) is 26.1 Å². The number of hydrogen-bond acceptors (Lipinski definition) is 7. The predicted molar refractivity (Wildman–Crippen MR) is 114 cm³/mol. The lowest BCUT2D eigenvalue weighted by atomic mass is 10.2. The fourth-order valence-electron chi connectivity index (χ4n) is 2.70. The van der Waals surface area contributed by atoms with Crippen LogP contribution in [0.1, 0.15) is 5.56 Å². The third-order valence-electron chi connectivity index (χ3n) is 4.12. The number of methoxy groups -OCH3 is 2. The van der Waals surface area contributed by atoms with Gasteiger partial charge in [-0.05, 0) is 47.7 Å². The average Bonchev–Trinajstić information content (AvgIpc) is 2.98. The number of anilines is 1. The summed E-state index contributed by atoms with van der Waals surface area (Å²) in [5.74, 6) is -0.791. The Hall–Kier alpha value is -3.17. The Kier molecular flexibility index (Phi) is 6.53. The summed E-state index contributed by atoms with van der Waals surface area (Å²) in [6, 6.07) is 9.70. The zero-order valence-corrected chi connectivity index (χ0v) is 17.5. The summed E-state index contributed by atoms with van der Waals surface area (Å²) in [7, 11) is 2.83. The van der Waals surface area contributed by atoms with Gasteiger partial charge in [0.05, 0.1) is 29.8 Å². The van der Waals surface area contributed by atoms with Crippen molar-refractivity contribution in [3.05, 3.63) is 51.9 Å². The van der Waals surface area contributed by atoms with Crippen LogP contribution in [0.25, 0.3) is 6.08 Å². The number of rotatable bonds is 6. The second-order valence-electron chi connectivity index (χ2n) is 6.07. The van der Waals surface area contributed by atoms with Gasteiger partial charge in [-0.25, -0.2) is 0 Å². The van der Waals surface area contributed by atoms with Gasteiger partial charge >= 0.3 is 0 Å². The highest BCUT2D eigenvalue weighted by Gasteiger charge is 2.36. The molecule has 156 valence electrons. The molecule has 1 heterocycles. The second-order valence-corrected chi connectivity index (χ2v) is 7.47. The van der Waals surface area contributed by atoms with Crippen molar-refractivity contribution >= 4 is 52.2 Å². The number of aromatic hydroxyl groups is 1. The van der Waals surface area contributed by atoms with Gasteiger partial charge in [0.2, 0.25) is 5.91 Å². The molecule has 1 fully saturated rings. The molecular formula is C20H17ClN2O6S. The number of phenols is 1. The van der Waals surface area contributed by atoms with Crippen molar-refractivity contribution < 1.29 is 29.0 Å². The van der Waals surface area contributed by atoms with Gasteiger partial charge in [-0.3, -0.25) is 19.3 Å². The van der Waals surface area contributed by atoms with Gasteiger partial charge in [0.15, 0.2) is 11.5 Å². The van der Waals surface area contributed by atoms with Crippen LogP contribution in [-0.4, -0.2) is 47.8 Å². The van der Waals surface area contributed by atoms with Crippen LogP contribution < -0.4 is 14.8 Å². The van der Waals surface area contributed by atoms with Crippen LogP contribution in [0.15, 0.2) is 41.3 Å². The summed E-state index contributed by atoms with van der Waals surface area (Å²) in [5, 5.41) is 11.9. The van der Waals surface area contributed by atoms with Crippen LogP contribution in [-0.2, 0) is 9.59 Å². The zero-order valence-electron chi connectivity index (χ0n) is 16.0. The smallest absolute Gasteiger partial charge is 0.294 e. The molecule has 2 aromatic rings. The summed E-state index contributed by atoms with van der Waals surface area (Å²) < 4.78 is 10.2. The minimum Gasteiger partial charge on any atom is -0.503 e. The largest absolute Gasteiger partial charge is 0.503 e. The molecule has 2 N–H and O–H groups in total. The molecule has 0 spiro atoms. The lowest BCUT2D eigenvalue weighted by molar-refractivity contribution is -0.127. The lowest BCUT2D eigenvalue weighted by Gasteiger charge is -2.14. The number of carbonyl (C=O) groups is 3. The molecule has 0 bridgehead atoms. The molecule has 1 saturated heterocycles. The molecule has 8 nitrogen and oxygen atoms in total. The molecule has 0 atom stereocenters. The van der Waals surface area contributed by atoms with E-state index in [9.17, 15) is 19.5 Å². The summed E-state index contributed by atoms with van der Waals surface area (Å²) in [6.45, 7) is -0.445. The minimum atomic E-state index is -0.608. The van der Waals surface area contributed by atoms with Crippen LogP contribution in [0.4, 0.5) is 10.5 Å². The first kappa shape index (κ1) is 21.5. The summed E-state index contributed by atoms with van der Waals surface area (Å²) in [6.07, 6.45) is 1.44. The number of thioether (sulfide) groups is 1. The third kappa shape index (κ3) is 4.52. The fourth-order valence-corrected chi connectivity index (χ4v) is 3.76. The van der Waals surface area contributed by atoms with E-state index >= 15 is 0 Å². The Labute approximate surface area is 181 Å². The van der Waals surface area contributed by atoms with Gasteiger partial charge < -0.3 is 19.9 Å². The molecule has 3 amide bonds. The van der Waals surface area contributed by atoms with Gasteiger partial charge in [-0.2, -0.15) is 0 Å². The van der Waals surface area contributed by atoms with E-state index in [0.29, 0.717) is 28.8 Å². The van der Waals surface area contributed by atoms with E-state index in [1.165, 1.54) is 32.4 Å². The molecule has 0 aliphatic carbocycles. The SMILES string of the molecule is COc1ccccc1NC(=O)CN1C(=O)S/C(=C\c2cc(Cl)c(O)c(OC)c2)C1=O. The molecule has 3 rings (SSSR count). The predicted octanol–water partition coefficient (Wildman–Crippen LogP) is 3.74. The normalized spacial score (nSPS) is 14.9. The first-order chi connectivity index (χ1) is 14.3. The van der Waals surface area contributed by atoms with Crippen LogP contribution >= 0.6 is 23.4 Å². The number of nitrogens with one attached hydrogen (secondary N) is 1. The molecule has 2 aromatic carbocycles. The van der Waals surface area contributed by atoms with Gasteiger partial charge in [0.25, 0.3) is 11.1 Å². The standard InChI is InChI=1S/C20H17ClN2O6S/c1-28-14-6-4-3-5-13(14)22-17(24)10-23-19(26)16(30-20(23)27)9-11-7-12(21)18(25)15(8-11)29-2/h3-9,25H,10H2,1-2H3,(H,22,24)/b16-9-. The molecule has 1 aliphatic heterocycles. The molecule has 0 radical (unpaired) electrons. The summed E-state index contributed by atoms with van der Waals surface area (Å²) in [5.41, 5.74) is 0.886. The maximum Gasteiger partial charge on any atom is 0.294 e. The Morgan fingerprint density at radius 2 is 1.90 bits per heavy atom. The number of carbonyl (C=O) groups excluding carboxylic acids is 3. The van der Waals surface area contributed by atoms with Gasteiger partial charge in [0.1, 0.15) is 12.3 Å². The van der Waals surface area contributed by atoms with Crippen LogP contribution in [0, 0.1) is 0 Å². The van der Waals surface area contributed by atoms with Crippen LogP contribution in [0.2, 0.25) is 5.02 Å². The summed E-state index contributed by atoms with van der Waals surface area (Å²) in [4.78, 5) is 38.2. The number of nitrogens with zero attached hydrogens (tertiary/aromatic N) is 1. The number of phenolic OH excluding ortho intramolecular Hbond substituents is 1. The first-order valence-corrected chi connectivity index (χ1v) is 9.78. The Bertz CT molecular complexity index is 1060. The molecule has 30 heavy (non-hydrogen) atoms. The van der Waals surface area contributed by atoms with E-state index in [1.54, 1.807) is 24.3 Å². The van der Waals surface area contributed by atoms with E-state index < -0.39 is 23.6 Å². The van der Waals surface area contributed by atoms with Crippen LogP contribution in [0.3, 0.4) is 0 Å². The lowest BCUT2D eigenvalue weighted by Crippen LogP contribution is -2.36. The fraction of sp³-hybridized carbons (Fsp3) is 0.150. The highest BCUT2D eigenvalue weighted by atomic mass is 35.5. The van der Waals surface area contributed by atoms with Crippen molar-refractivity contribution in [1.82, 2.24) is 4.90 Å². The molecular weight excluding hydrogens is 432 g/mol. The molecule has 0 saturated carbocycles. The van der Waals surface area contributed by atoms with E-state index in [0.717, 1.165) is 4.90 Å². The van der Waals surface area contributed by atoms with Crippen molar-refractivity contribution in [3.63, 3.8) is 0 Å². The maximum atomic E-state index is 12.6. The van der Waals surface area contributed by atoms with Crippen molar-refractivity contribution in [3.8, 4) is 17.2 Å². The average molecular weight is 449 g/mol. The van der Waals surface area contributed by atoms with Gasteiger partial charge in [-0.1, -0.05) is 23.7 Å². The number of halogens is 1. The van der Waals surface area contributed by atoms with Crippen molar-refractivity contribution in [2.45, 2.75) is 0 Å². The maximum absolute atomic E-state index is 12.6. The number of hydrogen-bond donors (Lipinski definition) is 2. The van der Waals surface area contributed by atoms with E-state index in [4.69, 9.17) is 21.1 Å². The highest BCUT2D eigenvalue weighted by molar-refractivity contribution is 8.18. The number of para-hydroxylation sites is 2. The monoisotopic (exact) mass is 448 g/mol. The zero-order chi connectivity index (χ0) is 21.8. The number of ether oxygens (including phenoxy) is 2. The Morgan fingerprint density at radius 1 is 1.20 bits per heavy atom. The van der Waals surface area contributed by atoms with Crippen LogP contribution in [0.5, 0.6) is 17.2 Å².